The number of nitrogens with zero attached hydrogens (tertiary/aromatic N) is 3. The second kappa shape index (κ2) is 5.19. The zero-order valence-corrected chi connectivity index (χ0v) is 14.4. The highest BCUT2D eigenvalue weighted by Gasteiger charge is 2.09. The predicted octanol–water partition coefficient (Wildman–Crippen LogP) is 5.45. The molecule has 110 valence electrons. The van der Waals surface area contributed by atoms with Gasteiger partial charge in [0.05, 0.1) is 15.9 Å². The summed E-state index contributed by atoms with van der Waals surface area (Å²) in [4.78, 5) is 9.91. The first-order valence-corrected chi connectivity index (χ1v) is 8.86. The zero-order chi connectivity index (χ0) is 15.3. The van der Waals surface area contributed by atoms with Crippen molar-refractivity contribution in [2.24, 2.45) is 0 Å². The van der Waals surface area contributed by atoms with Gasteiger partial charge in [-0.15, -0.1) is 22.7 Å². The van der Waals surface area contributed by atoms with Gasteiger partial charge in [-0.1, -0.05) is 11.6 Å². The Morgan fingerprint density at radius 1 is 1.14 bits per heavy atom. The molecular weight excluding hydrogens is 334 g/mol. The molecule has 0 aliphatic carbocycles. The van der Waals surface area contributed by atoms with Gasteiger partial charge in [0.15, 0.2) is 10.1 Å². The molecule has 0 saturated carbocycles. The minimum atomic E-state index is 0.524. The molecule has 3 aromatic heterocycles. The van der Waals surface area contributed by atoms with Gasteiger partial charge in [0, 0.05) is 11.6 Å². The van der Waals surface area contributed by atoms with Crippen LogP contribution in [0, 0.1) is 13.8 Å². The molecule has 0 saturated heterocycles. The van der Waals surface area contributed by atoms with Crippen LogP contribution >= 0.6 is 34.3 Å². The number of fused-ring (bicyclic) bond motifs is 2. The van der Waals surface area contributed by atoms with Crippen molar-refractivity contribution in [3.63, 3.8) is 0 Å². The van der Waals surface area contributed by atoms with E-state index in [1.54, 1.807) is 22.7 Å². The number of hydrogen-bond donors (Lipinski definition) is 0. The Balaban J connectivity index is 1.76. The van der Waals surface area contributed by atoms with Gasteiger partial charge in [-0.25, -0.2) is 9.97 Å². The van der Waals surface area contributed by atoms with Crippen molar-refractivity contribution in [2.45, 2.75) is 13.8 Å². The molecule has 0 fully saturated rings. The predicted molar refractivity (Wildman–Crippen MR) is 96.1 cm³/mol. The molecule has 0 unspecified atom stereocenters. The molecule has 0 bridgehead atoms. The fraction of sp³-hybridized carbons (Fsp3) is 0.125. The second-order valence-electron chi connectivity index (χ2n) is 5.13. The SMILES string of the molecule is Cc1cc2nc(/C=C/c3c(Cl)nc4sccn34)sc2cc1C. The summed E-state index contributed by atoms with van der Waals surface area (Å²) in [6.45, 7) is 4.24. The van der Waals surface area contributed by atoms with E-state index in [0.29, 0.717) is 5.15 Å². The van der Waals surface area contributed by atoms with Gasteiger partial charge in [0.2, 0.25) is 0 Å². The molecule has 4 aromatic rings. The van der Waals surface area contributed by atoms with Crippen LogP contribution in [0.1, 0.15) is 21.8 Å². The molecule has 3 nitrogen and oxygen atoms in total. The van der Waals surface area contributed by atoms with E-state index in [2.05, 4.69) is 35.9 Å². The molecule has 22 heavy (non-hydrogen) atoms. The molecule has 0 aliphatic heterocycles. The van der Waals surface area contributed by atoms with Gasteiger partial charge in [-0.3, -0.25) is 4.40 Å². The Kier molecular flexibility index (Phi) is 3.29. The number of benzene rings is 1. The number of rotatable bonds is 2. The van der Waals surface area contributed by atoms with Crippen LogP contribution in [0.2, 0.25) is 5.15 Å². The Morgan fingerprint density at radius 2 is 1.95 bits per heavy atom. The maximum atomic E-state index is 6.20. The Morgan fingerprint density at radius 3 is 2.82 bits per heavy atom. The van der Waals surface area contributed by atoms with Gasteiger partial charge < -0.3 is 0 Å². The molecular formula is C16H12ClN3S2. The third-order valence-electron chi connectivity index (χ3n) is 3.66. The first-order chi connectivity index (χ1) is 10.6. The summed E-state index contributed by atoms with van der Waals surface area (Å²) in [5, 5.41) is 3.50. The van der Waals surface area contributed by atoms with Crippen molar-refractivity contribution in [1.82, 2.24) is 14.4 Å². The summed E-state index contributed by atoms with van der Waals surface area (Å²) in [6.07, 6.45) is 5.96. The molecule has 6 heteroatoms. The van der Waals surface area contributed by atoms with Crippen LogP contribution in [-0.2, 0) is 0 Å². The van der Waals surface area contributed by atoms with Gasteiger partial charge in [-0.05, 0) is 49.3 Å². The highest BCUT2D eigenvalue weighted by molar-refractivity contribution is 7.19. The first-order valence-electron chi connectivity index (χ1n) is 6.79. The lowest BCUT2D eigenvalue weighted by Gasteiger charge is -1.96. The maximum Gasteiger partial charge on any atom is 0.195 e. The van der Waals surface area contributed by atoms with E-state index in [-0.39, 0.29) is 0 Å². The van der Waals surface area contributed by atoms with Gasteiger partial charge >= 0.3 is 0 Å². The molecule has 0 atom stereocenters. The van der Waals surface area contributed by atoms with Crippen molar-refractivity contribution in [3.8, 4) is 0 Å². The third-order valence-corrected chi connectivity index (χ3v) is 5.68. The monoisotopic (exact) mass is 345 g/mol. The van der Waals surface area contributed by atoms with Crippen LogP contribution < -0.4 is 0 Å². The summed E-state index contributed by atoms with van der Waals surface area (Å²) in [5.74, 6) is 0. The summed E-state index contributed by atoms with van der Waals surface area (Å²) in [6, 6.07) is 4.34. The van der Waals surface area contributed by atoms with Gasteiger partial charge in [-0.2, -0.15) is 0 Å². The summed E-state index contributed by atoms with van der Waals surface area (Å²) >= 11 is 9.46. The topological polar surface area (TPSA) is 30.2 Å². The molecule has 0 spiro atoms. The quantitative estimate of drug-likeness (QED) is 0.483. The average Bonchev–Trinajstić information content (AvgIpc) is 3.12. The zero-order valence-electron chi connectivity index (χ0n) is 12.0. The molecule has 0 radical (unpaired) electrons. The molecule has 4 rings (SSSR count). The van der Waals surface area contributed by atoms with Crippen molar-refractivity contribution >= 4 is 61.6 Å². The largest absolute Gasteiger partial charge is 0.289 e. The molecule has 0 aliphatic rings. The van der Waals surface area contributed by atoms with Crippen molar-refractivity contribution in [1.29, 1.82) is 0 Å². The number of aryl methyl sites for hydroxylation is 2. The fourth-order valence-corrected chi connectivity index (χ4v) is 4.30. The number of thiazole rings is 2. The van der Waals surface area contributed by atoms with Crippen LogP contribution in [0.15, 0.2) is 23.7 Å². The van der Waals surface area contributed by atoms with E-state index in [0.717, 1.165) is 21.2 Å². The number of halogens is 1. The Bertz CT molecular complexity index is 984. The minimum absolute atomic E-state index is 0.524. The average molecular weight is 346 g/mol. The smallest absolute Gasteiger partial charge is 0.195 e. The second-order valence-corrected chi connectivity index (χ2v) is 7.43. The standard InChI is InChI=1S/C16H12ClN3S2/c1-9-7-11-13(8-10(9)2)22-14(18-11)4-3-12-15(17)19-16-20(12)5-6-21-16/h3-8H,1-2H3/b4-3+. The summed E-state index contributed by atoms with van der Waals surface area (Å²) in [7, 11) is 0. The van der Waals surface area contributed by atoms with E-state index in [4.69, 9.17) is 11.6 Å². The number of aromatic nitrogens is 3. The normalized spacial score (nSPS) is 12.1. The fourth-order valence-electron chi connectivity index (χ4n) is 2.35. The lowest BCUT2D eigenvalue weighted by Crippen LogP contribution is -1.80. The lowest BCUT2D eigenvalue weighted by atomic mass is 10.1. The van der Waals surface area contributed by atoms with Crippen LogP contribution in [0.3, 0.4) is 0 Å². The highest BCUT2D eigenvalue weighted by Crippen LogP contribution is 2.28. The minimum Gasteiger partial charge on any atom is -0.289 e. The Hall–Kier alpha value is -1.69. The lowest BCUT2D eigenvalue weighted by molar-refractivity contribution is 1.21. The van der Waals surface area contributed by atoms with E-state index < -0.39 is 0 Å². The van der Waals surface area contributed by atoms with Crippen LogP contribution in [0.4, 0.5) is 0 Å². The van der Waals surface area contributed by atoms with Gasteiger partial charge in [0.25, 0.3) is 0 Å². The van der Waals surface area contributed by atoms with Crippen LogP contribution in [-0.4, -0.2) is 14.4 Å². The first kappa shape index (κ1) is 13.9. The molecule has 1 aromatic carbocycles. The van der Waals surface area contributed by atoms with Crippen molar-refractivity contribution in [3.05, 3.63) is 50.7 Å². The van der Waals surface area contributed by atoms with Gasteiger partial charge in [0.1, 0.15) is 5.01 Å². The van der Waals surface area contributed by atoms with Crippen LogP contribution in [0.25, 0.3) is 27.3 Å². The van der Waals surface area contributed by atoms with E-state index in [9.17, 15) is 0 Å². The molecule has 0 amide bonds. The molecule has 3 heterocycles. The third kappa shape index (κ3) is 2.26. The molecule has 0 N–H and O–H groups in total. The highest BCUT2D eigenvalue weighted by atomic mass is 35.5. The Labute approximate surface area is 140 Å². The number of hydrogen-bond acceptors (Lipinski definition) is 4. The summed E-state index contributed by atoms with van der Waals surface area (Å²) in [5.41, 5.74) is 4.51. The maximum absolute atomic E-state index is 6.20. The number of imidazole rings is 1. The van der Waals surface area contributed by atoms with E-state index in [1.165, 1.54) is 15.8 Å². The van der Waals surface area contributed by atoms with E-state index >= 15 is 0 Å². The summed E-state index contributed by atoms with van der Waals surface area (Å²) < 4.78 is 3.20. The van der Waals surface area contributed by atoms with E-state index in [1.807, 2.05) is 28.1 Å². The van der Waals surface area contributed by atoms with Crippen molar-refractivity contribution < 1.29 is 0 Å². The van der Waals surface area contributed by atoms with Crippen LogP contribution in [0.5, 0.6) is 0 Å². The van der Waals surface area contributed by atoms with Crippen molar-refractivity contribution in [2.75, 3.05) is 0 Å².